The third-order valence-electron chi connectivity index (χ3n) is 3.24. The minimum atomic E-state index is -0.225. The Labute approximate surface area is 132 Å². The number of aryl methyl sites for hydroxylation is 1. The van der Waals surface area contributed by atoms with E-state index in [0.29, 0.717) is 39.1 Å². The summed E-state index contributed by atoms with van der Waals surface area (Å²) in [6.07, 6.45) is 0.593. The van der Waals surface area contributed by atoms with Gasteiger partial charge in [0, 0.05) is 18.8 Å². The summed E-state index contributed by atoms with van der Waals surface area (Å²) in [5.74, 6) is -0.450. The fourth-order valence-electron chi connectivity index (χ4n) is 2.19. The highest BCUT2D eigenvalue weighted by atomic mass is 16.5. The number of benzene rings is 1. The van der Waals surface area contributed by atoms with Crippen molar-refractivity contribution in [3.8, 4) is 0 Å². The van der Waals surface area contributed by atoms with E-state index in [1.165, 1.54) is 0 Å². The number of rotatable bonds is 9. The van der Waals surface area contributed by atoms with E-state index in [1.54, 1.807) is 13.8 Å². The summed E-state index contributed by atoms with van der Waals surface area (Å²) in [7, 11) is 0. The van der Waals surface area contributed by atoms with Crippen LogP contribution in [0, 0.1) is 6.92 Å². The van der Waals surface area contributed by atoms with Crippen LogP contribution in [-0.4, -0.2) is 38.2 Å². The molecule has 22 heavy (non-hydrogen) atoms. The average molecular weight is 307 g/mol. The highest BCUT2D eigenvalue weighted by Crippen LogP contribution is 2.20. The third-order valence-corrected chi connectivity index (χ3v) is 3.24. The zero-order chi connectivity index (χ0) is 16.4. The maximum Gasteiger partial charge on any atom is 0.307 e. The molecule has 5 nitrogen and oxygen atoms in total. The summed E-state index contributed by atoms with van der Waals surface area (Å²) < 4.78 is 9.93. The maximum atomic E-state index is 11.6. The molecule has 0 aliphatic heterocycles. The Morgan fingerprint density at radius 1 is 0.955 bits per heavy atom. The fourth-order valence-corrected chi connectivity index (χ4v) is 2.19. The summed E-state index contributed by atoms with van der Waals surface area (Å²) in [5, 5.41) is 0. The smallest absolute Gasteiger partial charge is 0.307 e. The van der Waals surface area contributed by atoms with E-state index < -0.39 is 0 Å². The molecule has 0 N–H and O–H groups in total. The lowest BCUT2D eigenvalue weighted by Gasteiger charge is -2.25. The van der Waals surface area contributed by atoms with Crippen molar-refractivity contribution in [1.29, 1.82) is 0 Å². The van der Waals surface area contributed by atoms with Gasteiger partial charge in [-0.1, -0.05) is 18.2 Å². The Morgan fingerprint density at radius 3 is 1.91 bits per heavy atom. The van der Waals surface area contributed by atoms with Gasteiger partial charge in [-0.2, -0.15) is 0 Å². The van der Waals surface area contributed by atoms with Crippen molar-refractivity contribution in [2.24, 2.45) is 0 Å². The Balaban J connectivity index is 2.70. The second-order valence-electron chi connectivity index (χ2n) is 4.88. The molecule has 0 saturated heterocycles. The highest BCUT2D eigenvalue weighted by molar-refractivity contribution is 5.72. The van der Waals surface area contributed by atoms with Gasteiger partial charge in [-0.05, 0) is 32.4 Å². The summed E-state index contributed by atoms with van der Waals surface area (Å²) in [5.41, 5.74) is 2.13. The number of esters is 2. The minimum absolute atomic E-state index is 0.225. The summed E-state index contributed by atoms with van der Waals surface area (Å²) in [6, 6.07) is 7.92. The van der Waals surface area contributed by atoms with Crippen molar-refractivity contribution in [2.75, 3.05) is 31.2 Å². The van der Waals surface area contributed by atoms with Crippen LogP contribution >= 0.6 is 0 Å². The van der Waals surface area contributed by atoms with Crippen LogP contribution in [0.5, 0.6) is 0 Å². The lowest BCUT2D eigenvalue weighted by atomic mass is 10.1. The first-order valence-electron chi connectivity index (χ1n) is 7.70. The van der Waals surface area contributed by atoms with Crippen LogP contribution in [0.15, 0.2) is 24.3 Å². The molecule has 0 aliphatic carbocycles. The average Bonchev–Trinajstić information content (AvgIpc) is 2.49. The second-order valence-corrected chi connectivity index (χ2v) is 4.88. The van der Waals surface area contributed by atoms with Crippen LogP contribution in [-0.2, 0) is 19.1 Å². The first-order chi connectivity index (χ1) is 10.6. The topological polar surface area (TPSA) is 55.8 Å². The molecule has 0 amide bonds. The SMILES string of the molecule is CCOC(=O)CCN(CCC(=O)OCC)c1ccccc1C. The van der Waals surface area contributed by atoms with E-state index in [9.17, 15) is 9.59 Å². The van der Waals surface area contributed by atoms with Crippen molar-refractivity contribution in [2.45, 2.75) is 33.6 Å². The van der Waals surface area contributed by atoms with Crippen molar-refractivity contribution >= 4 is 17.6 Å². The van der Waals surface area contributed by atoms with Crippen molar-refractivity contribution < 1.29 is 19.1 Å². The molecule has 0 unspecified atom stereocenters. The Morgan fingerprint density at radius 2 is 1.45 bits per heavy atom. The van der Waals surface area contributed by atoms with E-state index in [2.05, 4.69) is 0 Å². The molecule has 0 aromatic heterocycles. The standard InChI is InChI=1S/C17H25NO4/c1-4-21-16(19)10-12-18(13-11-17(20)22-5-2)15-9-7-6-8-14(15)3/h6-9H,4-5,10-13H2,1-3H3. The number of carbonyl (C=O) groups excluding carboxylic acids is 2. The molecule has 122 valence electrons. The van der Waals surface area contributed by atoms with Gasteiger partial charge in [0.25, 0.3) is 0 Å². The van der Waals surface area contributed by atoms with E-state index >= 15 is 0 Å². The number of carbonyl (C=O) groups is 2. The van der Waals surface area contributed by atoms with E-state index in [-0.39, 0.29) is 11.9 Å². The van der Waals surface area contributed by atoms with E-state index in [1.807, 2.05) is 36.1 Å². The first-order valence-corrected chi connectivity index (χ1v) is 7.70. The summed E-state index contributed by atoms with van der Waals surface area (Å²) >= 11 is 0. The number of ether oxygens (including phenoxy) is 2. The molecular weight excluding hydrogens is 282 g/mol. The van der Waals surface area contributed by atoms with Crippen molar-refractivity contribution in [1.82, 2.24) is 0 Å². The molecule has 0 spiro atoms. The van der Waals surface area contributed by atoms with E-state index in [0.717, 1.165) is 11.3 Å². The molecule has 5 heteroatoms. The predicted molar refractivity (Wildman–Crippen MR) is 85.9 cm³/mol. The second kappa shape index (κ2) is 9.82. The van der Waals surface area contributed by atoms with Crippen LogP contribution in [0.3, 0.4) is 0 Å². The normalized spacial score (nSPS) is 10.1. The first kappa shape index (κ1) is 18.0. The molecule has 0 atom stereocenters. The molecule has 0 aliphatic rings. The molecule has 1 aromatic carbocycles. The summed E-state index contributed by atoms with van der Waals surface area (Å²) in [6.45, 7) is 7.39. The summed E-state index contributed by atoms with van der Waals surface area (Å²) in [4.78, 5) is 25.2. The Hall–Kier alpha value is -2.04. The number of anilines is 1. The van der Waals surface area contributed by atoms with E-state index in [4.69, 9.17) is 9.47 Å². The minimum Gasteiger partial charge on any atom is -0.466 e. The highest BCUT2D eigenvalue weighted by Gasteiger charge is 2.14. The quantitative estimate of drug-likeness (QED) is 0.657. The fraction of sp³-hybridized carbons (Fsp3) is 0.529. The molecule has 1 aromatic rings. The van der Waals surface area contributed by atoms with Gasteiger partial charge in [-0.15, -0.1) is 0 Å². The van der Waals surface area contributed by atoms with Crippen LogP contribution in [0.1, 0.15) is 32.3 Å². The monoisotopic (exact) mass is 307 g/mol. The van der Waals surface area contributed by atoms with Crippen LogP contribution in [0.2, 0.25) is 0 Å². The Kier molecular flexibility index (Phi) is 8.04. The largest absolute Gasteiger partial charge is 0.466 e. The lowest BCUT2D eigenvalue weighted by molar-refractivity contribution is -0.143. The van der Waals surface area contributed by atoms with Gasteiger partial charge in [0.05, 0.1) is 26.1 Å². The van der Waals surface area contributed by atoms with Crippen molar-refractivity contribution in [3.05, 3.63) is 29.8 Å². The lowest BCUT2D eigenvalue weighted by Crippen LogP contribution is -2.30. The molecule has 0 radical (unpaired) electrons. The van der Waals surface area contributed by atoms with Gasteiger partial charge >= 0.3 is 11.9 Å². The van der Waals surface area contributed by atoms with Gasteiger partial charge < -0.3 is 14.4 Å². The van der Waals surface area contributed by atoms with Gasteiger partial charge in [-0.25, -0.2) is 0 Å². The molecule has 0 bridgehead atoms. The van der Waals surface area contributed by atoms with Crippen LogP contribution in [0.25, 0.3) is 0 Å². The van der Waals surface area contributed by atoms with Gasteiger partial charge in [-0.3, -0.25) is 9.59 Å². The van der Waals surface area contributed by atoms with Gasteiger partial charge in [0.2, 0.25) is 0 Å². The molecule has 0 fully saturated rings. The zero-order valence-electron chi connectivity index (χ0n) is 13.6. The van der Waals surface area contributed by atoms with Crippen LogP contribution in [0.4, 0.5) is 5.69 Å². The predicted octanol–water partition coefficient (Wildman–Crippen LogP) is 2.71. The molecule has 1 rings (SSSR count). The molecule has 0 heterocycles. The van der Waals surface area contributed by atoms with Gasteiger partial charge in [0.1, 0.15) is 0 Å². The van der Waals surface area contributed by atoms with Crippen molar-refractivity contribution in [3.63, 3.8) is 0 Å². The molecule has 0 saturated carbocycles. The number of para-hydroxylation sites is 1. The zero-order valence-corrected chi connectivity index (χ0v) is 13.6. The third kappa shape index (κ3) is 6.16. The number of hydrogen-bond donors (Lipinski definition) is 0. The number of hydrogen-bond acceptors (Lipinski definition) is 5. The molecular formula is C17H25NO4. The van der Waals surface area contributed by atoms with Crippen LogP contribution < -0.4 is 4.90 Å². The van der Waals surface area contributed by atoms with Gasteiger partial charge in [0.15, 0.2) is 0 Å². The number of nitrogens with zero attached hydrogens (tertiary/aromatic N) is 1. The Bertz CT molecular complexity index is 465. The maximum absolute atomic E-state index is 11.6.